The predicted octanol–water partition coefficient (Wildman–Crippen LogP) is 1.97. The van der Waals surface area contributed by atoms with E-state index in [0.717, 1.165) is 27.5 Å². The molecule has 0 unspecified atom stereocenters. The van der Waals surface area contributed by atoms with E-state index in [0.29, 0.717) is 17.5 Å². The van der Waals surface area contributed by atoms with Crippen LogP contribution in [-0.4, -0.2) is 42.9 Å². The van der Waals surface area contributed by atoms with Gasteiger partial charge in [0.15, 0.2) is 16.3 Å². The quantitative estimate of drug-likeness (QED) is 0.259. The Morgan fingerprint density at radius 2 is 1.86 bits per heavy atom. The number of esters is 1. The summed E-state index contributed by atoms with van der Waals surface area (Å²) in [6, 6.07) is 10.9. The molecule has 1 amide bonds. The van der Waals surface area contributed by atoms with Gasteiger partial charge >= 0.3 is 11.7 Å². The predicted molar refractivity (Wildman–Crippen MR) is 138 cm³/mol. The van der Waals surface area contributed by atoms with Gasteiger partial charge in [0.25, 0.3) is 5.56 Å². The summed E-state index contributed by atoms with van der Waals surface area (Å²) >= 11 is 1.16. The van der Waals surface area contributed by atoms with Crippen LogP contribution in [-0.2, 0) is 36.7 Å². The van der Waals surface area contributed by atoms with E-state index in [2.05, 4.69) is 10.3 Å². The number of aryl methyl sites for hydroxylation is 2. The zero-order chi connectivity index (χ0) is 26.7. The molecule has 11 nitrogen and oxygen atoms in total. The fourth-order valence-corrected chi connectivity index (χ4v) is 4.62. The number of furan rings is 1. The molecule has 0 spiro atoms. The van der Waals surface area contributed by atoms with Crippen LogP contribution in [0, 0.1) is 6.92 Å². The van der Waals surface area contributed by atoms with E-state index in [1.807, 2.05) is 31.2 Å². The Morgan fingerprint density at radius 3 is 2.59 bits per heavy atom. The lowest BCUT2D eigenvalue weighted by Crippen LogP contribution is -2.37. The molecule has 4 aromatic rings. The van der Waals surface area contributed by atoms with Crippen molar-refractivity contribution in [1.82, 2.24) is 24.0 Å². The summed E-state index contributed by atoms with van der Waals surface area (Å²) < 4.78 is 14.4. The molecule has 0 aliphatic rings. The highest BCUT2D eigenvalue weighted by atomic mass is 32.2. The second-order valence-electron chi connectivity index (χ2n) is 8.34. The minimum atomic E-state index is -0.566. The summed E-state index contributed by atoms with van der Waals surface area (Å²) in [5.41, 5.74) is 1.64. The second kappa shape index (κ2) is 10.9. The number of fused-ring (bicyclic) bond motifs is 1. The number of hydrogen-bond acceptors (Lipinski definition) is 8. The van der Waals surface area contributed by atoms with Crippen LogP contribution in [0.1, 0.15) is 34.4 Å². The minimum Gasteiger partial charge on any atom is -0.460 e. The molecule has 1 N–H and O–H groups in total. The normalized spacial score (nSPS) is 11.1. The van der Waals surface area contributed by atoms with Gasteiger partial charge in [-0.15, -0.1) is 0 Å². The van der Waals surface area contributed by atoms with Crippen LogP contribution in [0.5, 0.6) is 0 Å². The summed E-state index contributed by atoms with van der Waals surface area (Å²) in [7, 11) is 2.99. The molecule has 0 saturated carbocycles. The topological polar surface area (TPSA) is 130 Å². The van der Waals surface area contributed by atoms with Crippen LogP contribution >= 0.6 is 11.8 Å². The fraction of sp³-hybridized carbons (Fsp3) is 0.320. The third kappa shape index (κ3) is 5.38. The Labute approximate surface area is 216 Å². The summed E-state index contributed by atoms with van der Waals surface area (Å²) in [5, 5.41) is 3.18. The number of hydrogen-bond donors (Lipinski definition) is 1. The molecular weight excluding hydrogens is 498 g/mol. The average molecular weight is 526 g/mol. The molecule has 3 aromatic heterocycles. The fourth-order valence-electron chi connectivity index (χ4n) is 3.79. The number of nitrogens with zero attached hydrogens (tertiary/aromatic N) is 4. The zero-order valence-corrected chi connectivity index (χ0v) is 21.8. The Bertz CT molecular complexity index is 1600. The first kappa shape index (κ1) is 26.0. The Balaban J connectivity index is 1.56. The van der Waals surface area contributed by atoms with E-state index in [9.17, 15) is 19.2 Å². The smallest absolute Gasteiger partial charge is 0.374 e. The number of aromatic nitrogens is 4. The van der Waals surface area contributed by atoms with Crippen molar-refractivity contribution in [3.63, 3.8) is 0 Å². The summed E-state index contributed by atoms with van der Waals surface area (Å²) in [5.74, 6) is -0.375. The number of rotatable bonds is 9. The summed E-state index contributed by atoms with van der Waals surface area (Å²) in [6.45, 7) is 4.35. The van der Waals surface area contributed by atoms with Crippen molar-refractivity contribution in [3.8, 4) is 0 Å². The molecule has 0 saturated heterocycles. The molecule has 0 radical (unpaired) electrons. The van der Waals surface area contributed by atoms with Gasteiger partial charge in [-0.1, -0.05) is 36.0 Å². The zero-order valence-electron chi connectivity index (χ0n) is 20.9. The highest BCUT2D eigenvalue weighted by molar-refractivity contribution is 7.99. The van der Waals surface area contributed by atoms with Crippen molar-refractivity contribution in [2.45, 2.75) is 32.1 Å². The van der Waals surface area contributed by atoms with Crippen LogP contribution < -0.4 is 16.6 Å². The number of carbonyl (C=O) groups is 2. The van der Waals surface area contributed by atoms with Crippen molar-refractivity contribution in [3.05, 3.63) is 79.9 Å². The number of benzene rings is 1. The maximum atomic E-state index is 13.1. The van der Waals surface area contributed by atoms with E-state index in [-0.39, 0.29) is 41.7 Å². The van der Waals surface area contributed by atoms with Crippen LogP contribution in [0.15, 0.2) is 55.6 Å². The molecule has 194 valence electrons. The standard InChI is InChI=1S/C25H27N5O6S/c1-5-35-23(33)18-11-10-17(36-18)12-26-19(31)14-37-24-27-21-20(22(32)29(4)25(34)28(21)3)30(24)13-16-9-7-6-8-15(16)2/h6-11H,5,12-14H2,1-4H3,(H,26,31). The molecule has 0 bridgehead atoms. The van der Waals surface area contributed by atoms with Gasteiger partial charge in [-0.3, -0.25) is 18.7 Å². The maximum absolute atomic E-state index is 13.1. The lowest BCUT2D eigenvalue weighted by molar-refractivity contribution is -0.118. The molecule has 4 rings (SSSR count). The van der Waals surface area contributed by atoms with Crippen molar-refractivity contribution in [2.24, 2.45) is 14.1 Å². The molecule has 1 aromatic carbocycles. The third-order valence-electron chi connectivity index (χ3n) is 5.83. The maximum Gasteiger partial charge on any atom is 0.374 e. The molecule has 0 atom stereocenters. The van der Waals surface area contributed by atoms with Gasteiger partial charge in [0.1, 0.15) is 5.76 Å². The van der Waals surface area contributed by atoms with E-state index >= 15 is 0 Å². The molecule has 37 heavy (non-hydrogen) atoms. The molecule has 0 aliphatic carbocycles. The Morgan fingerprint density at radius 1 is 1.11 bits per heavy atom. The highest BCUT2D eigenvalue weighted by Gasteiger charge is 2.21. The average Bonchev–Trinajstić information content (AvgIpc) is 3.50. The van der Waals surface area contributed by atoms with Crippen molar-refractivity contribution in [1.29, 1.82) is 0 Å². The highest BCUT2D eigenvalue weighted by Crippen LogP contribution is 2.24. The third-order valence-corrected chi connectivity index (χ3v) is 6.81. The van der Waals surface area contributed by atoms with E-state index in [4.69, 9.17) is 9.15 Å². The van der Waals surface area contributed by atoms with Crippen LogP contribution in [0.4, 0.5) is 0 Å². The molecule has 12 heteroatoms. The van der Waals surface area contributed by atoms with Crippen molar-refractivity contribution < 1.29 is 18.7 Å². The van der Waals surface area contributed by atoms with Crippen LogP contribution in [0.2, 0.25) is 0 Å². The monoisotopic (exact) mass is 525 g/mol. The first-order valence-electron chi connectivity index (χ1n) is 11.6. The van der Waals surface area contributed by atoms with Crippen molar-refractivity contribution in [2.75, 3.05) is 12.4 Å². The van der Waals surface area contributed by atoms with Gasteiger partial charge in [0, 0.05) is 14.1 Å². The van der Waals surface area contributed by atoms with Gasteiger partial charge in [-0.2, -0.15) is 0 Å². The number of nitrogens with one attached hydrogen (secondary N) is 1. The van der Waals surface area contributed by atoms with Gasteiger partial charge in [-0.25, -0.2) is 14.6 Å². The Kier molecular flexibility index (Phi) is 7.67. The number of carbonyl (C=O) groups excluding carboxylic acids is 2. The molecular formula is C25H27N5O6S. The second-order valence-corrected chi connectivity index (χ2v) is 9.28. The Hall–Kier alpha value is -4.06. The SMILES string of the molecule is CCOC(=O)c1ccc(CNC(=O)CSc2nc3c(c(=O)n(C)c(=O)n3C)n2Cc2ccccc2C)o1. The molecule has 0 aliphatic heterocycles. The van der Waals surface area contributed by atoms with Crippen LogP contribution in [0.25, 0.3) is 11.2 Å². The van der Waals surface area contributed by atoms with Gasteiger partial charge in [-0.05, 0) is 37.1 Å². The lowest BCUT2D eigenvalue weighted by atomic mass is 10.1. The number of thioether (sulfide) groups is 1. The number of amides is 1. The number of imidazole rings is 1. The van der Waals surface area contributed by atoms with Crippen molar-refractivity contribution >= 4 is 34.8 Å². The van der Waals surface area contributed by atoms with Gasteiger partial charge in [0.2, 0.25) is 11.7 Å². The summed E-state index contributed by atoms with van der Waals surface area (Å²) in [4.78, 5) is 54.4. The van der Waals surface area contributed by atoms with E-state index in [1.54, 1.807) is 24.6 Å². The van der Waals surface area contributed by atoms with Gasteiger partial charge < -0.3 is 19.0 Å². The van der Waals surface area contributed by atoms with E-state index < -0.39 is 17.2 Å². The summed E-state index contributed by atoms with van der Waals surface area (Å²) in [6.07, 6.45) is 0. The van der Waals surface area contributed by atoms with Crippen LogP contribution in [0.3, 0.4) is 0 Å². The minimum absolute atomic E-state index is 0.0107. The lowest BCUT2D eigenvalue weighted by Gasteiger charge is -2.11. The van der Waals surface area contributed by atoms with E-state index in [1.165, 1.54) is 17.7 Å². The largest absolute Gasteiger partial charge is 0.460 e. The molecule has 3 heterocycles. The first-order valence-corrected chi connectivity index (χ1v) is 12.6. The molecule has 0 fully saturated rings. The van der Waals surface area contributed by atoms with Gasteiger partial charge in [0.05, 0.1) is 25.4 Å². The first-order chi connectivity index (χ1) is 17.7. The number of ether oxygens (including phenoxy) is 1.